The molecule has 1 aliphatic heterocycles. The van der Waals surface area contributed by atoms with Crippen LogP contribution in [0, 0.1) is 0 Å². The third-order valence-corrected chi connectivity index (χ3v) is 4.37. The lowest BCUT2D eigenvalue weighted by atomic mass is 10.0. The molecule has 0 radical (unpaired) electrons. The van der Waals surface area contributed by atoms with Gasteiger partial charge in [0.05, 0.1) is 0 Å². The molecule has 1 N–H and O–H groups in total. The van der Waals surface area contributed by atoms with Crippen molar-refractivity contribution in [2.24, 2.45) is 7.05 Å². The van der Waals surface area contributed by atoms with Crippen molar-refractivity contribution in [1.29, 1.82) is 0 Å². The Morgan fingerprint density at radius 1 is 1.43 bits per heavy atom. The molecule has 1 atom stereocenters. The van der Waals surface area contributed by atoms with Crippen molar-refractivity contribution in [3.05, 3.63) is 28.0 Å². The van der Waals surface area contributed by atoms with Gasteiger partial charge in [-0.3, -0.25) is 4.79 Å². The Morgan fingerprint density at radius 3 is 3.10 bits per heavy atom. The minimum atomic E-state index is -0.0840. The van der Waals surface area contributed by atoms with E-state index in [1.165, 1.54) is 22.4 Å². The number of hydrogen-bond donors (Lipinski definition) is 1. The molecule has 21 heavy (non-hydrogen) atoms. The highest BCUT2D eigenvalue weighted by atomic mass is 32.1. The number of hydrogen-bond acceptors (Lipinski definition) is 7. The Labute approximate surface area is 126 Å². The van der Waals surface area contributed by atoms with Gasteiger partial charge in [-0.2, -0.15) is 5.10 Å². The third kappa shape index (κ3) is 3.21. The standard InChI is InChI=1S/C13H18N6OS/c1-18-12(20)6-5-11(17-18)19-7-3-2-4-10(19)8-14-13-16-15-9-21-13/h5-6,9-10H,2-4,7-8H2,1H3,(H,14,16). The van der Waals surface area contributed by atoms with E-state index in [0.717, 1.165) is 36.9 Å². The van der Waals surface area contributed by atoms with Gasteiger partial charge in [0.1, 0.15) is 11.3 Å². The van der Waals surface area contributed by atoms with E-state index < -0.39 is 0 Å². The second kappa shape index (κ2) is 6.21. The van der Waals surface area contributed by atoms with Crippen LogP contribution in [0.2, 0.25) is 0 Å². The van der Waals surface area contributed by atoms with Crippen molar-refractivity contribution in [2.45, 2.75) is 25.3 Å². The van der Waals surface area contributed by atoms with Gasteiger partial charge in [0, 0.05) is 32.2 Å². The lowest BCUT2D eigenvalue weighted by Gasteiger charge is -2.36. The SMILES string of the molecule is Cn1nc(N2CCCCC2CNc2nncs2)ccc1=O. The van der Waals surface area contributed by atoms with Crippen LogP contribution < -0.4 is 15.8 Å². The molecule has 7 nitrogen and oxygen atoms in total. The minimum absolute atomic E-state index is 0.0840. The maximum atomic E-state index is 11.5. The van der Waals surface area contributed by atoms with Gasteiger partial charge in [-0.1, -0.05) is 11.3 Å². The minimum Gasteiger partial charge on any atom is -0.358 e. The number of aryl methyl sites for hydroxylation is 1. The highest BCUT2D eigenvalue weighted by Gasteiger charge is 2.24. The summed E-state index contributed by atoms with van der Waals surface area (Å²) in [5, 5.41) is 16.4. The molecular weight excluding hydrogens is 288 g/mol. The molecule has 1 aliphatic rings. The zero-order valence-corrected chi connectivity index (χ0v) is 12.7. The van der Waals surface area contributed by atoms with Gasteiger partial charge in [-0.15, -0.1) is 10.2 Å². The summed E-state index contributed by atoms with van der Waals surface area (Å²) >= 11 is 1.50. The Bertz CT molecular complexity index is 640. The Morgan fingerprint density at radius 2 is 2.33 bits per heavy atom. The first-order chi connectivity index (χ1) is 10.2. The van der Waals surface area contributed by atoms with E-state index >= 15 is 0 Å². The van der Waals surface area contributed by atoms with Crippen molar-refractivity contribution in [3.63, 3.8) is 0 Å². The van der Waals surface area contributed by atoms with Crippen LogP contribution in [0.5, 0.6) is 0 Å². The summed E-state index contributed by atoms with van der Waals surface area (Å²) in [4.78, 5) is 13.7. The van der Waals surface area contributed by atoms with Crippen LogP contribution >= 0.6 is 11.3 Å². The molecular formula is C13H18N6OS. The summed E-state index contributed by atoms with van der Waals surface area (Å²) < 4.78 is 1.39. The van der Waals surface area contributed by atoms with E-state index in [4.69, 9.17) is 0 Å². The molecule has 0 bridgehead atoms. The van der Waals surface area contributed by atoms with E-state index in [1.807, 2.05) is 6.07 Å². The van der Waals surface area contributed by atoms with Crippen LogP contribution in [0.1, 0.15) is 19.3 Å². The topological polar surface area (TPSA) is 75.9 Å². The highest BCUT2D eigenvalue weighted by Crippen LogP contribution is 2.23. The number of rotatable bonds is 4. The monoisotopic (exact) mass is 306 g/mol. The number of anilines is 2. The van der Waals surface area contributed by atoms with Gasteiger partial charge in [0.15, 0.2) is 0 Å². The van der Waals surface area contributed by atoms with Gasteiger partial charge in [-0.25, -0.2) is 4.68 Å². The van der Waals surface area contributed by atoms with Crippen molar-refractivity contribution in [3.8, 4) is 0 Å². The van der Waals surface area contributed by atoms with Crippen molar-refractivity contribution in [1.82, 2.24) is 20.0 Å². The summed E-state index contributed by atoms with van der Waals surface area (Å²) in [7, 11) is 1.68. The molecule has 1 fully saturated rings. The highest BCUT2D eigenvalue weighted by molar-refractivity contribution is 7.13. The Hall–Kier alpha value is -1.96. The first kappa shape index (κ1) is 14.0. The van der Waals surface area contributed by atoms with Crippen molar-refractivity contribution >= 4 is 22.3 Å². The van der Waals surface area contributed by atoms with E-state index in [0.29, 0.717) is 6.04 Å². The summed E-state index contributed by atoms with van der Waals surface area (Å²) in [5.74, 6) is 0.862. The molecule has 1 saturated heterocycles. The number of nitrogens with zero attached hydrogens (tertiary/aromatic N) is 5. The summed E-state index contributed by atoms with van der Waals surface area (Å²) in [5.41, 5.74) is 1.63. The molecule has 3 rings (SSSR count). The van der Waals surface area contributed by atoms with Gasteiger partial charge in [0.25, 0.3) is 5.56 Å². The molecule has 2 aromatic heterocycles. The summed E-state index contributed by atoms with van der Waals surface area (Å²) in [6.45, 7) is 1.77. The van der Waals surface area contributed by atoms with E-state index in [-0.39, 0.29) is 5.56 Å². The van der Waals surface area contributed by atoms with Crippen LogP contribution in [0.15, 0.2) is 22.4 Å². The molecule has 0 saturated carbocycles. The molecule has 112 valence electrons. The fourth-order valence-corrected chi connectivity index (χ4v) is 3.07. The maximum absolute atomic E-state index is 11.5. The van der Waals surface area contributed by atoms with Crippen molar-refractivity contribution in [2.75, 3.05) is 23.3 Å². The molecule has 3 heterocycles. The van der Waals surface area contributed by atoms with Gasteiger partial charge in [0.2, 0.25) is 5.13 Å². The zero-order valence-electron chi connectivity index (χ0n) is 11.9. The molecule has 0 aromatic carbocycles. The van der Waals surface area contributed by atoms with Gasteiger partial charge in [-0.05, 0) is 25.3 Å². The van der Waals surface area contributed by atoms with E-state index in [9.17, 15) is 4.79 Å². The summed E-state index contributed by atoms with van der Waals surface area (Å²) in [6.07, 6.45) is 3.47. The first-order valence-corrected chi connectivity index (χ1v) is 7.93. The third-order valence-electron chi connectivity index (χ3n) is 3.72. The van der Waals surface area contributed by atoms with Gasteiger partial charge >= 0.3 is 0 Å². The Balaban J connectivity index is 1.74. The molecule has 0 spiro atoms. The second-order valence-electron chi connectivity index (χ2n) is 5.12. The fraction of sp³-hybridized carbons (Fsp3) is 0.538. The quantitative estimate of drug-likeness (QED) is 0.912. The van der Waals surface area contributed by atoms with Crippen LogP contribution in [0.3, 0.4) is 0 Å². The number of aromatic nitrogens is 4. The van der Waals surface area contributed by atoms with Crippen LogP contribution in [0.25, 0.3) is 0 Å². The smallest absolute Gasteiger partial charge is 0.266 e. The number of piperidine rings is 1. The average Bonchev–Trinajstić information content (AvgIpc) is 3.02. The second-order valence-corrected chi connectivity index (χ2v) is 5.95. The average molecular weight is 306 g/mol. The Kier molecular flexibility index (Phi) is 4.14. The lowest BCUT2D eigenvalue weighted by molar-refractivity contribution is 0.464. The molecule has 1 unspecified atom stereocenters. The molecule has 2 aromatic rings. The number of nitrogens with one attached hydrogen (secondary N) is 1. The van der Waals surface area contributed by atoms with Gasteiger partial charge < -0.3 is 10.2 Å². The van der Waals surface area contributed by atoms with Crippen LogP contribution in [0.4, 0.5) is 10.9 Å². The predicted octanol–water partition coefficient (Wildman–Crippen LogP) is 1.10. The maximum Gasteiger partial charge on any atom is 0.266 e. The molecule has 0 amide bonds. The largest absolute Gasteiger partial charge is 0.358 e. The normalized spacial score (nSPS) is 18.7. The van der Waals surface area contributed by atoms with E-state index in [2.05, 4.69) is 25.5 Å². The van der Waals surface area contributed by atoms with Crippen molar-refractivity contribution < 1.29 is 0 Å². The van der Waals surface area contributed by atoms with Crippen LogP contribution in [-0.4, -0.2) is 39.1 Å². The predicted molar refractivity (Wildman–Crippen MR) is 82.9 cm³/mol. The summed E-state index contributed by atoms with van der Waals surface area (Å²) in [6, 6.07) is 3.74. The zero-order chi connectivity index (χ0) is 14.7. The van der Waals surface area contributed by atoms with E-state index in [1.54, 1.807) is 18.6 Å². The molecule has 8 heteroatoms. The lowest BCUT2D eigenvalue weighted by Crippen LogP contribution is -2.44. The molecule has 0 aliphatic carbocycles. The fourth-order valence-electron chi connectivity index (χ4n) is 2.61. The van der Waals surface area contributed by atoms with Crippen LogP contribution in [-0.2, 0) is 7.05 Å². The first-order valence-electron chi connectivity index (χ1n) is 7.05.